The third-order valence-electron chi connectivity index (χ3n) is 3.73. The average molecular weight is 295 g/mol. The van der Waals surface area contributed by atoms with Gasteiger partial charge in [-0.15, -0.1) is 11.3 Å². The van der Waals surface area contributed by atoms with Crippen molar-refractivity contribution >= 4 is 23.2 Å². The molecule has 2 unspecified atom stereocenters. The number of hydrogen-bond acceptors (Lipinski definition) is 3. The number of nitrogens with one attached hydrogen (secondary N) is 1. The second-order valence-electron chi connectivity index (χ2n) is 5.41. The number of unbranched alkanes of at least 4 members (excludes halogenated alkanes) is 2. The van der Waals surface area contributed by atoms with Gasteiger partial charge < -0.3 is 10.4 Å². The topological polar surface area (TPSA) is 66.4 Å². The third-order valence-corrected chi connectivity index (χ3v) is 4.88. The van der Waals surface area contributed by atoms with Gasteiger partial charge in [0, 0.05) is 29.7 Å². The Balaban J connectivity index is 1.60. The van der Waals surface area contributed by atoms with E-state index in [1.54, 1.807) is 11.3 Å². The lowest BCUT2D eigenvalue weighted by atomic mass is 10.2. The molecular weight excluding hydrogens is 274 g/mol. The van der Waals surface area contributed by atoms with E-state index >= 15 is 0 Å². The lowest BCUT2D eigenvalue weighted by Gasteiger charge is -2.04. The van der Waals surface area contributed by atoms with Crippen LogP contribution in [0.3, 0.4) is 0 Å². The van der Waals surface area contributed by atoms with Crippen LogP contribution in [0.1, 0.15) is 48.5 Å². The molecule has 0 saturated heterocycles. The second kappa shape index (κ2) is 6.88. The molecule has 1 aliphatic carbocycles. The molecule has 1 aromatic heterocycles. The van der Waals surface area contributed by atoms with E-state index in [-0.39, 0.29) is 18.2 Å². The maximum Gasteiger partial charge on any atom is 0.303 e. The fourth-order valence-corrected chi connectivity index (χ4v) is 3.57. The number of carboxylic acid groups (broad SMARTS) is 1. The Morgan fingerprint density at radius 3 is 2.85 bits per heavy atom. The van der Waals surface area contributed by atoms with E-state index < -0.39 is 5.97 Å². The Hall–Kier alpha value is -1.36. The van der Waals surface area contributed by atoms with Crippen LogP contribution in [0.15, 0.2) is 11.4 Å². The first-order valence-electron chi connectivity index (χ1n) is 7.13. The second-order valence-corrected chi connectivity index (χ2v) is 6.36. The Kier molecular flexibility index (Phi) is 5.17. The van der Waals surface area contributed by atoms with Gasteiger partial charge in [0.15, 0.2) is 0 Å². The minimum absolute atomic E-state index is 0.145. The molecule has 1 amide bonds. The quantitative estimate of drug-likeness (QED) is 0.725. The summed E-state index contributed by atoms with van der Waals surface area (Å²) in [5.74, 6) is -0.0319. The van der Waals surface area contributed by atoms with Gasteiger partial charge >= 0.3 is 5.97 Å². The van der Waals surface area contributed by atoms with Crippen LogP contribution in [0, 0.1) is 12.8 Å². The van der Waals surface area contributed by atoms with Crippen molar-refractivity contribution in [3.63, 3.8) is 0 Å². The number of aliphatic carboxylic acids is 1. The summed E-state index contributed by atoms with van der Waals surface area (Å²) in [7, 11) is 0. The van der Waals surface area contributed by atoms with Crippen LogP contribution in [-0.4, -0.2) is 23.5 Å². The smallest absolute Gasteiger partial charge is 0.303 e. The van der Waals surface area contributed by atoms with Gasteiger partial charge in [0.25, 0.3) is 0 Å². The fraction of sp³-hybridized carbons (Fsp3) is 0.600. The highest BCUT2D eigenvalue weighted by molar-refractivity contribution is 7.10. The van der Waals surface area contributed by atoms with Crippen LogP contribution >= 0.6 is 11.3 Å². The van der Waals surface area contributed by atoms with Crippen molar-refractivity contribution in [1.29, 1.82) is 0 Å². The maximum absolute atomic E-state index is 12.0. The predicted octanol–water partition coefficient (Wildman–Crippen LogP) is 2.92. The number of hydrogen-bond donors (Lipinski definition) is 2. The average Bonchev–Trinajstić information content (AvgIpc) is 3.08. The van der Waals surface area contributed by atoms with E-state index in [1.165, 1.54) is 10.4 Å². The third kappa shape index (κ3) is 4.07. The Morgan fingerprint density at radius 2 is 2.20 bits per heavy atom. The number of carbonyl (C=O) groups is 2. The van der Waals surface area contributed by atoms with E-state index in [1.807, 2.05) is 0 Å². The number of amides is 1. The lowest BCUT2D eigenvalue weighted by molar-refractivity contribution is -0.137. The summed E-state index contributed by atoms with van der Waals surface area (Å²) in [6, 6.07) is 2.11. The molecule has 0 radical (unpaired) electrons. The highest BCUT2D eigenvalue weighted by Gasteiger charge is 2.44. The van der Waals surface area contributed by atoms with Crippen LogP contribution in [-0.2, 0) is 9.59 Å². The van der Waals surface area contributed by atoms with Gasteiger partial charge in [-0.1, -0.05) is 6.42 Å². The van der Waals surface area contributed by atoms with Gasteiger partial charge in [-0.3, -0.25) is 9.59 Å². The minimum Gasteiger partial charge on any atom is -0.481 e. The van der Waals surface area contributed by atoms with Crippen LogP contribution in [0.5, 0.6) is 0 Å². The van der Waals surface area contributed by atoms with Crippen molar-refractivity contribution in [1.82, 2.24) is 5.32 Å². The largest absolute Gasteiger partial charge is 0.481 e. The van der Waals surface area contributed by atoms with E-state index in [4.69, 9.17) is 5.11 Å². The first kappa shape index (κ1) is 15.0. The zero-order valence-corrected chi connectivity index (χ0v) is 12.5. The molecule has 2 rings (SSSR count). The SMILES string of the molecule is Cc1ccsc1C1CC1C(=O)NCCCCCC(=O)O. The minimum atomic E-state index is -0.749. The van der Waals surface area contributed by atoms with Gasteiger partial charge in [-0.05, 0) is 43.2 Å². The monoisotopic (exact) mass is 295 g/mol. The molecule has 1 aromatic rings. The zero-order chi connectivity index (χ0) is 14.5. The molecule has 5 heteroatoms. The first-order chi connectivity index (χ1) is 9.59. The molecule has 4 nitrogen and oxygen atoms in total. The summed E-state index contributed by atoms with van der Waals surface area (Å²) < 4.78 is 0. The first-order valence-corrected chi connectivity index (χ1v) is 8.01. The Labute approximate surface area is 123 Å². The van der Waals surface area contributed by atoms with E-state index in [0.717, 1.165) is 19.3 Å². The Morgan fingerprint density at radius 1 is 1.40 bits per heavy atom. The van der Waals surface area contributed by atoms with Crippen molar-refractivity contribution in [2.75, 3.05) is 6.54 Å². The lowest BCUT2D eigenvalue weighted by Crippen LogP contribution is -2.26. The van der Waals surface area contributed by atoms with Crippen molar-refractivity contribution in [3.05, 3.63) is 21.9 Å². The maximum atomic E-state index is 12.0. The van der Waals surface area contributed by atoms with Gasteiger partial charge in [0.1, 0.15) is 0 Å². The molecule has 2 N–H and O–H groups in total. The molecule has 0 spiro atoms. The van der Waals surface area contributed by atoms with E-state index in [0.29, 0.717) is 18.9 Å². The van der Waals surface area contributed by atoms with Crippen LogP contribution in [0.4, 0.5) is 0 Å². The molecule has 20 heavy (non-hydrogen) atoms. The number of rotatable bonds is 8. The molecule has 1 heterocycles. The van der Waals surface area contributed by atoms with Crippen molar-refractivity contribution in [2.45, 2.75) is 44.9 Å². The van der Waals surface area contributed by atoms with Gasteiger partial charge in [-0.2, -0.15) is 0 Å². The van der Waals surface area contributed by atoms with E-state index in [2.05, 4.69) is 23.7 Å². The molecule has 0 bridgehead atoms. The molecule has 110 valence electrons. The number of carboxylic acids is 1. The van der Waals surface area contributed by atoms with Gasteiger partial charge in [0.05, 0.1) is 0 Å². The fourth-order valence-electron chi connectivity index (χ4n) is 2.46. The van der Waals surface area contributed by atoms with Crippen LogP contribution in [0.2, 0.25) is 0 Å². The number of thiophene rings is 1. The van der Waals surface area contributed by atoms with Crippen LogP contribution < -0.4 is 5.32 Å². The summed E-state index contributed by atoms with van der Waals surface area (Å²) in [5, 5.41) is 13.6. The summed E-state index contributed by atoms with van der Waals surface area (Å²) in [5.41, 5.74) is 1.30. The van der Waals surface area contributed by atoms with E-state index in [9.17, 15) is 9.59 Å². The molecule has 0 aromatic carbocycles. The summed E-state index contributed by atoms with van der Waals surface area (Å²) in [4.78, 5) is 23.7. The van der Waals surface area contributed by atoms with Gasteiger partial charge in [-0.25, -0.2) is 0 Å². The number of carbonyl (C=O) groups excluding carboxylic acids is 1. The normalized spacial score (nSPS) is 20.6. The standard InChI is InChI=1S/C15H21NO3S/c1-10-6-8-20-14(10)11-9-12(11)15(19)16-7-4-2-3-5-13(17)18/h6,8,11-12H,2-5,7,9H2,1H3,(H,16,19)(H,17,18). The molecule has 2 atom stereocenters. The Bertz CT molecular complexity index is 483. The molecule has 1 saturated carbocycles. The molecule has 0 aliphatic heterocycles. The summed E-state index contributed by atoms with van der Waals surface area (Å²) in [6.45, 7) is 2.76. The van der Waals surface area contributed by atoms with Crippen LogP contribution in [0.25, 0.3) is 0 Å². The molecule has 1 fully saturated rings. The highest BCUT2D eigenvalue weighted by atomic mass is 32.1. The zero-order valence-electron chi connectivity index (χ0n) is 11.7. The summed E-state index contributed by atoms with van der Waals surface area (Å²) >= 11 is 1.74. The number of aryl methyl sites for hydroxylation is 1. The predicted molar refractivity (Wildman–Crippen MR) is 79.0 cm³/mol. The molecular formula is C15H21NO3S. The highest BCUT2D eigenvalue weighted by Crippen LogP contribution is 2.50. The van der Waals surface area contributed by atoms with Gasteiger partial charge in [0.2, 0.25) is 5.91 Å². The summed E-state index contributed by atoms with van der Waals surface area (Å²) in [6.07, 6.45) is 3.58. The van der Waals surface area contributed by atoms with Crippen molar-refractivity contribution in [3.8, 4) is 0 Å². The van der Waals surface area contributed by atoms with Crippen molar-refractivity contribution in [2.24, 2.45) is 5.92 Å². The molecule has 1 aliphatic rings. The van der Waals surface area contributed by atoms with Crippen molar-refractivity contribution < 1.29 is 14.7 Å².